The van der Waals surface area contributed by atoms with Crippen molar-refractivity contribution in [1.82, 2.24) is 4.90 Å². The molecular formula is C12H17NO3S. The minimum absolute atomic E-state index is 0.716. The lowest BCUT2D eigenvalue weighted by molar-refractivity contribution is -0.131. The summed E-state index contributed by atoms with van der Waals surface area (Å²) in [5, 5.41) is 10.5. The van der Waals surface area contributed by atoms with E-state index < -0.39 is 5.97 Å². The van der Waals surface area contributed by atoms with Crippen molar-refractivity contribution >= 4 is 23.4 Å². The zero-order chi connectivity index (χ0) is 12.7. The smallest absolute Gasteiger partial charge is 0.328 e. The summed E-state index contributed by atoms with van der Waals surface area (Å²) in [6.45, 7) is 2.46. The van der Waals surface area contributed by atoms with E-state index in [1.165, 1.54) is 4.88 Å². The van der Waals surface area contributed by atoms with E-state index in [0.29, 0.717) is 6.61 Å². The Hall–Kier alpha value is -1.17. The Morgan fingerprint density at radius 2 is 2.41 bits per heavy atom. The van der Waals surface area contributed by atoms with Gasteiger partial charge in [0, 0.05) is 31.2 Å². The Bertz CT molecular complexity index is 387. The fraction of sp³-hybridized carbons (Fsp3) is 0.417. The number of rotatable bonds is 7. The number of thiophene rings is 1. The maximum atomic E-state index is 10.4. The Balaban J connectivity index is 2.47. The van der Waals surface area contributed by atoms with Gasteiger partial charge in [0.05, 0.1) is 6.61 Å². The summed E-state index contributed by atoms with van der Waals surface area (Å²) in [6.07, 6.45) is 2.76. The molecule has 0 aliphatic heterocycles. The molecule has 0 radical (unpaired) electrons. The Kier molecular flexibility index (Phi) is 5.90. The molecule has 1 heterocycles. The molecule has 94 valence electrons. The third-order valence-corrected chi connectivity index (χ3v) is 3.14. The molecule has 0 saturated carbocycles. The van der Waals surface area contributed by atoms with E-state index in [1.807, 2.05) is 18.5 Å². The SMILES string of the molecule is COCCN(C)Cc1cc(C=CC(=O)O)cs1. The molecule has 1 rings (SSSR count). The second kappa shape index (κ2) is 7.21. The van der Waals surface area contributed by atoms with Gasteiger partial charge in [-0.1, -0.05) is 0 Å². The minimum Gasteiger partial charge on any atom is -0.478 e. The normalized spacial score (nSPS) is 11.5. The van der Waals surface area contributed by atoms with Crippen LogP contribution in [0.25, 0.3) is 6.08 Å². The van der Waals surface area contributed by atoms with Gasteiger partial charge in [0.2, 0.25) is 0 Å². The first-order valence-electron chi connectivity index (χ1n) is 5.27. The van der Waals surface area contributed by atoms with E-state index in [0.717, 1.165) is 24.7 Å². The fourth-order valence-corrected chi connectivity index (χ4v) is 2.26. The summed E-state index contributed by atoms with van der Waals surface area (Å²) in [6, 6.07) is 2.01. The van der Waals surface area contributed by atoms with Crippen LogP contribution < -0.4 is 0 Å². The number of aliphatic carboxylic acids is 1. The maximum absolute atomic E-state index is 10.4. The number of carboxylic acids is 1. The molecule has 0 saturated heterocycles. The van der Waals surface area contributed by atoms with Gasteiger partial charge in [-0.25, -0.2) is 4.79 Å². The quantitative estimate of drug-likeness (QED) is 0.756. The topological polar surface area (TPSA) is 49.8 Å². The molecule has 0 amide bonds. The molecule has 1 aromatic rings. The van der Waals surface area contributed by atoms with Crippen molar-refractivity contribution in [2.75, 3.05) is 27.3 Å². The van der Waals surface area contributed by atoms with Crippen LogP contribution >= 0.6 is 11.3 Å². The molecule has 0 aliphatic carbocycles. The van der Waals surface area contributed by atoms with Crippen LogP contribution in [-0.2, 0) is 16.1 Å². The van der Waals surface area contributed by atoms with Crippen LogP contribution in [0.2, 0.25) is 0 Å². The van der Waals surface area contributed by atoms with E-state index in [9.17, 15) is 4.79 Å². The summed E-state index contributed by atoms with van der Waals surface area (Å²) in [7, 11) is 3.72. The third-order valence-electron chi connectivity index (χ3n) is 2.20. The van der Waals surface area contributed by atoms with Crippen molar-refractivity contribution in [2.45, 2.75) is 6.54 Å². The number of carboxylic acid groups (broad SMARTS) is 1. The van der Waals surface area contributed by atoms with E-state index in [-0.39, 0.29) is 0 Å². The monoisotopic (exact) mass is 255 g/mol. The third kappa shape index (κ3) is 5.63. The van der Waals surface area contributed by atoms with Gasteiger partial charge < -0.3 is 9.84 Å². The zero-order valence-corrected chi connectivity index (χ0v) is 10.9. The maximum Gasteiger partial charge on any atom is 0.328 e. The van der Waals surface area contributed by atoms with Gasteiger partial charge in [-0.3, -0.25) is 4.90 Å². The number of nitrogens with zero attached hydrogens (tertiary/aromatic N) is 1. The Morgan fingerprint density at radius 1 is 1.65 bits per heavy atom. The van der Waals surface area contributed by atoms with Crippen LogP contribution in [-0.4, -0.2) is 43.3 Å². The molecule has 0 bridgehead atoms. The van der Waals surface area contributed by atoms with Gasteiger partial charge in [0.15, 0.2) is 0 Å². The zero-order valence-electron chi connectivity index (χ0n) is 10.0. The molecule has 1 aromatic heterocycles. The molecule has 0 aliphatic rings. The van der Waals surface area contributed by atoms with Crippen LogP contribution in [0.3, 0.4) is 0 Å². The molecule has 1 N–H and O–H groups in total. The molecule has 0 aromatic carbocycles. The standard InChI is InChI=1S/C12H17NO3S/c1-13(5-6-16-2)8-11-7-10(9-17-11)3-4-12(14)15/h3-4,7,9H,5-6,8H2,1-2H3,(H,14,15). The highest BCUT2D eigenvalue weighted by atomic mass is 32.1. The summed E-state index contributed by atoms with van der Waals surface area (Å²) in [5.41, 5.74) is 0.938. The van der Waals surface area contributed by atoms with E-state index in [1.54, 1.807) is 24.5 Å². The largest absolute Gasteiger partial charge is 0.478 e. The van der Waals surface area contributed by atoms with Crippen molar-refractivity contribution in [3.8, 4) is 0 Å². The second-order valence-electron chi connectivity index (χ2n) is 3.75. The average Bonchev–Trinajstić information content (AvgIpc) is 2.71. The van der Waals surface area contributed by atoms with E-state index in [4.69, 9.17) is 9.84 Å². The van der Waals surface area contributed by atoms with Crippen molar-refractivity contribution < 1.29 is 14.6 Å². The first-order valence-corrected chi connectivity index (χ1v) is 6.15. The number of carbonyl (C=O) groups is 1. The van der Waals surface area contributed by atoms with Crippen molar-refractivity contribution in [2.24, 2.45) is 0 Å². The van der Waals surface area contributed by atoms with Crippen LogP contribution in [0.15, 0.2) is 17.5 Å². The van der Waals surface area contributed by atoms with Crippen molar-refractivity contribution in [3.05, 3.63) is 28.0 Å². The highest BCUT2D eigenvalue weighted by Crippen LogP contribution is 2.17. The van der Waals surface area contributed by atoms with Crippen LogP contribution in [0, 0.1) is 0 Å². The number of ether oxygens (including phenoxy) is 1. The second-order valence-corrected chi connectivity index (χ2v) is 4.74. The van der Waals surface area contributed by atoms with Gasteiger partial charge in [-0.05, 0) is 30.1 Å². The van der Waals surface area contributed by atoms with E-state index in [2.05, 4.69) is 4.90 Å². The lowest BCUT2D eigenvalue weighted by Crippen LogP contribution is -2.21. The summed E-state index contributed by atoms with van der Waals surface area (Å²) >= 11 is 1.64. The summed E-state index contributed by atoms with van der Waals surface area (Å²) in [4.78, 5) is 13.8. The van der Waals surface area contributed by atoms with Gasteiger partial charge in [0.1, 0.15) is 0 Å². The van der Waals surface area contributed by atoms with Crippen molar-refractivity contribution in [1.29, 1.82) is 0 Å². The summed E-state index contributed by atoms with van der Waals surface area (Å²) < 4.78 is 5.01. The molecule has 0 spiro atoms. The van der Waals surface area contributed by atoms with Crippen LogP contribution in [0.5, 0.6) is 0 Å². The first-order chi connectivity index (χ1) is 8.11. The van der Waals surface area contributed by atoms with E-state index >= 15 is 0 Å². The summed E-state index contributed by atoms with van der Waals surface area (Å²) in [5.74, 6) is -0.921. The minimum atomic E-state index is -0.921. The molecule has 17 heavy (non-hydrogen) atoms. The van der Waals surface area contributed by atoms with Crippen LogP contribution in [0.1, 0.15) is 10.4 Å². The Morgan fingerprint density at radius 3 is 3.06 bits per heavy atom. The highest BCUT2D eigenvalue weighted by Gasteiger charge is 2.02. The number of likely N-dealkylation sites (N-methyl/N-ethyl adjacent to an activating group) is 1. The van der Waals surface area contributed by atoms with Gasteiger partial charge in [-0.2, -0.15) is 0 Å². The Labute approximate surface area is 105 Å². The molecule has 0 atom stereocenters. The average molecular weight is 255 g/mol. The first kappa shape index (κ1) is 13.9. The van der Waals surface area contributed by atoms with Crippen molar-refractivity contribution in [3.63, 3.8) is 0 Å². The predicted octanol–water partition coefficient (Wildman–Crippen LogP) is 1.92. The molecule has 0 unspecified atom stereocenters. The predicted molar refractivity (Wildman–Crippen MR) is 69.2 cm³/mol. The van der Waals surface area contributed by atoms with Gasteiger partial charge in [-0.15, -0.1) is 11.3 Å². The van der Waals surface area contributed by atoms with Gasteiger partial charge in [0.25, 0.3) is 0 Å². The number of hydrogen-bond donors (Lipinski definition) is 1. The highest BCUT2D eigenvalue weighted by molar-refractivity contribution is 7.10. The molecule has 0 fully saturated rings. The number of methoxy groups -OCH3 is 1. The fourth-order valence-electron chi connectivity index (χ4n) is 1.33. The van der Waals surface area contributed by atoms with Gasteiger partial charge >= 0.3 is 5.97 Å². The lowest BCUT2D eigenvalue weighted by atomic mass is 10.3. The molecule has 5 heteroatoms. The molecule has 4 nitrogen and oxygen atoms in total. The number of hydrogen-bond acceptors (Lipinski definition) is 4. The molecular weight excluding hydrogens is 238 g/mol. The lowest BCUT2D eigenvalue weighted by Gasteiger charge is -2.14. The van der Waals surface area contributed by atoms with Crippen LogP contribution in [0.4, 0.5) is 0 Å².